The molecule has 0 aliphatic rings. The zero-order chi connectivity index (χ0) is 8.85. The van der Waals surface area contributed by atoms with Crippen LogP contribution in [0.1, 0.15) is 48.5 Å². The Hall–Kier alpha value is -0.520. The van der Waals surface area contributed by atoms with E-state index in [0.717, 1.165) is 6.42 Å². The molecule has 0 radical (unpaired) electrons. The molecular weight excluding hydrogens is 144 g/mol. The van der Waals surface area contributed by atoms with Gasteiger partial charge in [0, 0.05) is 0 Å². The second kappa shape index (κ2) is 7.15. The molecule has 0 amide bonds. The fourth-order valence-corrected chi connectivity index (χ4v) is 1.03. The van der Waals surface area contributed by atoms with Crippen molar-refractivity contribution in [2.24, 2.45) is 5.92 Å². The summed E-state index contributed by atoms with van der Waals surface area (Å²) in [4.78, 5) is 0. The molecule has 0 saturated heterocycles. The number of allylic oxidation sites excluding steroid dienone is 4. The molecule has 0 saturated carbocycles. The molecule has 0 aliphatic heterocycles. The van der Waals surface area contributed by atoms with E-state index >= 15 is 0 Å². The van der Waals surface area contributed by atoms with E-state index in [2.05, 4.69) is 46.8 Å². The van der Waals surface area contributed by atoms with Gasteiger partial charge in [-0.25, -0.2) is 0 Å². The van der Waals surface area contributed by atoms with Crippen LogP contribution in [0.5, 0.6) is 0 Å². The monoisotopic (exact) mass is 168 g/mol. The van der Waals surface area contributed by atoms with Crippen LogP contribution < -0.4 is 0 Å². The highest BCUT2D eigenvalue weighted by atomic mass is 14.0. The van der Waals surface area contributed by atoms with Gasteiger partial charge in [0.1, 0.15) is 0 Å². The van der Waals surface area contributed by atoms with Gasteiger partial charge >= 0.3 is 0 Å². The van der Waals surface area contributed by atoms with Crippen LogP contribution >= 0.6 is 0 Å². The molecule has 0 heterocycles. The maximum Gasteiger partial charge on any atom is -0.0222 e. The maximum atomic E-state index is 2.30. The van der Waals surface area contributed by atoms with E-state index in [1.165, 1.54) is 11.1 Å². The summed E-state index contributed by atoms with van der Waals surface area (Å²) in [6.45, 7) is 10.9. The van der Waals surface area contributed by atoms with Crippen LogP contribution in [0.25, 0.3) is 0 Å². The highest BCUT2D eigenvalue weighted by Crippen LogP contribution is 2.13. The number of hydrogen-bond acceptors (Lipinski definition) is 0. The molecule has 72 valence electrons. The molecule has 0 aromatic rings. The smallest absolute Gasteiger partial charge is 0.0222 e. The molecule has 0 rings (SSSR count). The van der Waals surface area contributed by atoms with Crippen LogP contribution in [-0.4, -0.2) is 0 Å². The molecule has 0 aliphatic carbocycles. The summed E-state index contributed by atoms with van der Waals surface area (Å²) < 4.78 is 0. The zero-order valence-corrected chi connectivity index (χ0v) is 8.44. The minimum Gasteiger partial charge on any atom is -0.0813 e. The lowest BCUT2D eigenvalue weighted by atomic mass is 10.0. The van der Waals surface area contributed by atoms with E-state index in [1.54, 1.807) is 0 Å². The minimum absolute atomic E-state index is 0. The fraction of sp³-hybridized carbons (Fsp3) is 0.667. The van der Waals surface area contributed by atoms with E-state index in [1.807, 2.05) is 0 Å². The molecule has 0 nitrogen and oxygen atoms in total. The predicted molar refractivity (Wildman–Crippen MR) is 59.4 cm³/mol. The topological polar surface area (TPSA) is 0 Å². The molecule has 0 spiro atoms. The summed E-state index contributed by atoms with van der Waals surface area (Å²) in [7, 11) is 0. The number of rotatable bonds is 3. The first kappa shape index (κ1) is 14.0. The Labute approximate surface area is 78.4 Å². The molecule has 0 fully saturated rings. The predicted octanol–water partition coefficient (Wildman–Crippen LogP) is 4.58. The van der Waals surface area contributed by atoms with Gasteiger partial charge in [-0.2, -0.15) is 0 Å². The van der Waals surface area contributed by atoms with E-state index < -0.39 is 0 Å². The van der Waals surface area contributed by atoms with Crippen LogP contribution in [0.4, 0.5) is 0 Å². The van der Waals surface area contributed by atoms with Crippen molar-refractivity contribution in [3.63, 3.8) is 0 Å². The Kier molecular flexibility index (Phi) is 8.36. The molecule has 0 unspecified atom stereocenters. The number of hydrogen-bond donors (Lipinski definition) is 0. The van der Waals surface area contributed by atoms with E-state index in [0.29, 0.717) is 5.92 Å². The Morgan fingerprint density at radius 1 is 1.25 bits per heavy atom. The Bertz CT molecular complexity index is 155. The molecule has 12 heavy (non-hydrogen) atoms. The largest absolute Gasteiger partial charge is 0.0813 e. The van der Waals surface area contributed by atoms with Crippen molar-refractivity contribution in [1.29, 1.82) is 0 Å². The summed E-state index contributed by atoms with van der Waals surface area (Å²) in [5.74, 6) is 0.657. The lowest BCUT2D eigenvalue weighted by Crippen LogP contribution is -1.90. The van der Waals surface area contributed by atoms with Crippen molar-refractivity contribution < 1.29 is 0 Å². The lowest BCUT2D eigenvalue weighted by molar-refractivity contribution is 0.783. The maximum absolute atomic E-state index is 2.30. The van der Waals surface area contributed by atoms with Gasteiger partial charge in [-0.05, 0) is 31.8 Å². The molecule has 0 N–H and O–H groups in total. The third-order valence-electron chi connectivity index (χ3n) is 1.56. The second-order valence-electron chi connectivity index (χ2n) is 3.49. The van der Waals surface area contributed by atoms with Crippen molar-refractivity contribution >= 4 is 0 Å². The standard InChI is InChI=1S/C11H20.CH4/c1-6-7-11(10(4)5)8-9(2)3;/h7-8,10H,6H2,1-5H3;1H4/b11-7+;. The van der Waals surface area contributed by atoms with Crippen LogP contribution in [0, 0.1) is 5.92 Å². The van der Waals surface area contributed by atoms with E-state index in [4.69, 9.17) is 0 Å². The van der Waals surface area contributed by atoms with Crippen molar-refractivity contribution in [1.82, 2.24) is 0 Å². The third kappa shape index (κ3) is 6.21. The molecular formula is C12H24. The molecule has 0 aromatic carbocycles. The highest BCUT2D eigenvalue weighted by Gasteiger charge is 1.97. The summed E-state index contributed by atoms with van der Waals surface area (Å²) >= 11 is 0. The normalized spacial score (nSPS) is 11.0. The average molecular weight is 168 g/mol. The Morgan fingerprint density at radius 3 is 2.00 bits per heavy atom. The van der Waals surface area contributed by atoms with Gasteiger partial charge in [-0.1, -0.05) is 45.9 Å². The van der Waals surface area contributed by atoms with Gasteiger partial charge in [-0.3, -0.25) is 0 Å². The molecule has 0 heteroatoms. The van der Waals surface area contributed by atoms with Gasteiger partial charge in [0.25, 0.3) is 0 Å². The van der Waals surface area contributed by atoms with Crippen LogP contribution in [0.2, 0.25) is 0 Å². The molecule has 0 bridgehead atoms. The van der Waals surface area contributed by atoms with Gasteiger partial charge in [0.05, 0.1) is 0 Å². The fourth-order valence-electron chi connectivity index (χ4n) is 1.03. The zero-order valence-electron chi connectivity index (χ0n) is 8.44. The van der Waals surface area contributed by atoms with Gasteiger partial charge in [-0.15, -0.1) is 0 Å². The highest BCUT2D eigenvalue weighted by molar-refractivity contribution is 5.23. The van der Waals surface area contributed by atoms with Gasteiger partial charge in [0.2, 0.25) is 0 Å². The van der Waals surface area contributed by atoms with E-state index in [9.17, 15) is 0 Å². The van der Waals surface area contributed by atoms with Crippen molar-refractivity contribution in [2.45, 2.75) is 48.5 Å². The summed E-state index contributed by atoms with van der Waals surface area (Å²) in [5, 5.41) is 0. The summed E-state index contributed by atoms with van der Waals surface area (Å²) in [6, 6.07) is 0. The Balaban J connectivity index is 0. The third-order valence-corrected chi connectivity index (χ3v) is 1.56. The quantitative estimate of drug-likeness (QED) is 0.541. The first-order valence-electron chi connectivity index (χ1n) is 4.42. The SMILES string of the molecule is C.CC/C=C(\C=C(C)C)C(C)C. The van der Waals surface area contributed by atoms with Gasteiger partial charge < -0.3 is 0 Å². The molecule has 0 atom stereocenters. The summed E-state index contributed by atoms with van der Waals surface area (Å²) in [6.07, 6.45) is 5.71. The Morgan fingerprint density at radius 2 is 1.75 bits per heavy atom. The van der Waals surface area contributed by atoms with Crippen molar-refractivity contribution in [3.05, 3.63) is 23.3 Å². The lowest BCUT2D eigenvalue weighted by Gasteiger charge is -2.06. The van der Waals surface area contributed by atoms with Gasteiger partial charge in [0.15, 0.2) is 0 Å². The summed E-state index contributed by atoms with van der Waals surface area (Å²) in [5.41, 5.74) is 2.85. The van der Waals surface area contributed by atoms with Crippen molar-refractivity contribution in [2.75, 3.05) is 0 Å². The van der Waals surface area contributed by atoms with Crippen LogP contribution in [-0.2, 0) is 0 Å². The van der Waals surface area contributed by atoms with E-state index in [-0.39, 0.29) is 7.43 Å². The first-order chi connectivity index (χ1) is 5.07. The van der Waals surface area contributed by atoms with Crippen LogP contribution in [0.15, 0.2) is 23.3 Å². The second-order valence-corrected chi connectivity index (χ2v) is 3.49. The molecule has 0 aromatic heterocycles. The van der Waals surface area contributed by atoms with Crippen LogP contribution in [0.3, 0.4) is 0 Å². The average Bonchev–Trinajstić information content (AvgIpc) is 1.86. The minimum atomic E-state index is 0. The first-order valence-corrected chi connectivity index (χ1v) is 4.42. The van der Waals surface area contributed by atoms with Crippen molar-refractivity contribution in [3.8, 4) is 0 Å².